The molecule has 0 saturated heterocycles. The second-order valence-electron chi connectivity index (χ2n) is 7.80. The summed E-state index contributed by atoms with van der Waals surface area (Å²) in [5, 5.41) is 17.8. The molecule has 5 rings (SSSR count). The fourth-order valence-electron chi connectivity index (χ4n) is 3.79. The van der Waals surface area contributed by atoms with Crippen molar-refractivity contribution in [2.75, 3.05) is 11.9 Å². The zero-order chi connectivity index (χ0) is 25.1. The van der Waals surface area contributed by atoms with E-state index in [9.17, 15) is 14.9 Å². The highest BCUT2D eigenvalue weighted by Gasteiger charge is 2.15. The molecule has 2 aromatic heterocycles. The van der Waals surface area contributed by atoms with Crippen molar-refractivity contribution in [3.8, 4) is 17.3 Å². The summed E-state index contributed by atoms with van der Waals surface area (Å²) < 4.78 is 10.6. The minimum absolute atomic E-state index is 0.302. The van der Waals surface area contributed by atoms with Crippen molar-refractivity contribution in [1.82, 2.24) is 4.98 Å². The monoisotopic (exact) mass is 493 g/mol. The van der Waals surface area contributed by atoms with Gasteiger partial charge in [0.15, 0.2) is 0 Å². The standard InChI is InChI=1S/C28H19N3O4S/c1-2-34-27(32)18-7-10-20(11-8-18)30-15-19(14-29)26-31-24(16-36-26)23-13-22-21-6-4-3-5-17(21)9-12-25(22)35-28(23)33/h3-13,15-16,30H,2H2,1H3. The van der Waals surface area contributed by atoms with Crippen LogP contribution in [0.5, 0.6) is 0 Å². The number of nitrogens with one attached hydrogen (secondary N) is 1. The molecule has 176 valence electrons. The Morgan fingerprint density at radius 2 is 1.94 bits per heavy atom. The lowest BCUT2D eigenvalue weighted by Crippen LogP contribution is -2.04. The van der Waals surface area contributed by atoms with E-state index >= 15 is 0 Å². The molecule has 0 amide bonds. The van der Waals surface area contributed by atoms with Crippen molar-refractivity contribution in [3.05, 3.63) is 99.3 Å². The van der Waals surface area contributed by atoms with Gasteiger partial charge in [0.05, 0.1) is 23.4 Å². The largest absolute Gasteiger partial charge is 0.462 e. The van der Waals surface area contributed by atoms with Gasteiger partial charge in [-0.15, -0.1) is 11.3 Å². The molecule has 3 aromatic carbocycles. The summed E-state index contributed by atoms with van der Waals surface area (Å²) in [5.74, 6) is -0.390. The van der Waals surface area contributed by atoms with Gasteiger partial charge in [-0.05, 0) is 54.1 Å². The summed E-state index contributed by atoms with van der Waals surface area (Å²) in [6, 6.07) is 22.2. The number of carbonyl (C=O) groups is 1. The molecule has 1 N–H and O–H groups in total. The van der Waals surface area contributed by atoms with Crippen LogP contribution in [0.2, 0.25) is 0 Å². The molecular formula is C28H19N3O4S. The number of rotatable bonds is 6. The van der Waals surface area contributed by atoms with Gasteiger partial charge in [0.25, 0.3) is 0 Å². The topological polar surface area (TPSA) is 105 Å². The highest BCUT2D eigenvalue weighted by atomic mass is 32.1. The van der Waals surface area contributed by atoms with E-state index in [2.05, 4.69) is 16.4 Å². The maximum absolute atomic E-state index is 12.7. The van der Waals surface area contributed by atoms with Gasteiger partial charge in [0.2, 0.25) is 0 Å². The normalized spacial score (nSPS) is 11.4. The Labute approximate surface area is 209 Å². The Morgan fingerprint density at radius 1 is 1.14 bits per heavy atom. The van der Waals surface area contributed by atoms with E-state index in [-0.39, 0.29) is 0 Å². The number of fused-ring (bicyclic) bond motifs is 3. The molecule has 0 aliphatic rings. The highest BCUT2D eigenvalue weighted by Crippen LogP contribution is 2.30. The van der Waals surface area contributed by atoms with E-state index in [1.807, 2.05) is 30.3 Å². The van der Waals surface area contributed by atoms with Crippen LogP contribution in [-0.4, -0.2) is 17.6 Å². The SMILES string of the molecule is CCOC(=O)c1ccc(NC=C(C#N)c2nc(-c3cc4c(ccc5ccccc54)oc3=O)cs2)cc1. The van der Waals surface area contributed by atoms with Crippen LogP contribution in [0.4, 0.5) is 5.69 Å². The lowest BCUT2D eigenvalue weighted by molar-refractivity contribution is 0.0526. The Kier molecular flexibility index (Phi) is 6.31. The van der Waals surface area contributed by atoms with Crippen LogP contribution in [0.25, 0.3) is 38.6 Å². The van der Waals surface area contributed by atoms with Gasteiger partial charge in [-0.1, -0.05) is 30.3 Å². The number of carbonyl (C=O) groups excluding carboxylic acids is 1. The van der Waals surface area contributed by atoms with Crippen LogP contribution in [0, 0.1) is 11.3 Å². The average molecular weight is 494 g/mol. The van der Waals surface area contributed by atoms with Crippen molar-refractivity contribution >= 4 is 50.3 Å². The number of thiazole rings is 1. The first-order valence-electron chi connectivity index (χ1n) is 11.1. The number of ether oxygens (including phenoxy) is 1. The molecule has 0 bridgehead atoms. The first-order chi connectivity index (χ1) is 17.6. The molecule has 0 radical (unpaired) electrons. The number of benzene rings is 3. The van der Waals surface area contributed by atoms with Gasteiger partial charge >= 0.3 is 11.6 Å². The second-order valence-corrected chi connectivity index (χ2v) is 8.65. The summed E-state index contributed by atoms with van der Waals surface area (Å²) in [6.07, 6.45) is 1.54. The number of anilines is 1. The van der Waals surface area contributed by atoms with Gasteiger partial charge in [0, 0.05) is 22.7 Å². The third kappa shape index (κ3) is 4.48. The lowest BCUT2D eigenvalue weighted by Gasteiger charge is -2.05. The predicted molar refractivity (Wildman–Crippen MR) is 141 cm³/mol. The Bertz CT molecular complexity index is 1730. The van der Waals surface area contributed by atoms with E-state index in [1.54, 1.807) is 54.9 Å². The Morgan fingerprint density at radius 3 is 2.72 bits per heavy atom. The number of esters is 1. The molecule has 8 heteroatoms. The molecule has 7 nitrogen and oxygen atoms in total. The molecule has 2 heterocycles. The highest BCUT2D eigenvalue weighted by molar-refractivity contribution is 7.11. The van der Waals surface area contributed by atoms with Crippen molar-refractivity contribution in [2.24, 2.45) is 0 Å². The quantitative estimate of drug-likeness (QED) is 0.129. The molecule has 36 heavy (non-hydrogen) atoms. The average Bonchev–Trinajstić information content (AvgIpc) is 3.39. The number of hydrogen-bond donors (Lipinski definition) is 1. The van der Waals surface area contributed by atoms with E-state index in [1.165, 1.54) is 11.3 Å². The summed E-state index contributed by atoms with van der Waals surface area (Å²) >= 11 is 1.26. The fraction of sp³-hybridized carbons (Fsp3) is 0.0714. The number of aromatic nitrogens is 1. The molecule has 0 fully saturated rings. The summed E-state index contributed by atoms with van der Waals surface area (Å²) in [4.78, 5) is 29.1. The van der Waals surface area contributed by atoms with Crippen molar-refractivity contribution in [2.45, 2.75) is 6.92 Å². The van der Waals surface area contributed by atoms with Crippen LogP contribution >= 0.6 is 11.3 Å². The predicted octanol–water partition coefficient (Wildman–Crippen LogP) is 6.22. The number of nitrogens with zero attached hydrogens (tertiary/aromatic N) is 2. The van der Waals surface area contributed by atoms with E-state index in [4.69, 9.17) is 9.15 Å². The Balaban J connectivity index is 1.43. The maximum Gasteiger partial charge on any atom is 0.345 e. The van der Waals surface area contributed by atoms with Crippen LogP contribution in [0.3, 0.4) is 0 Å². The molecule has 0 atom stereocenters. The van der Waals surface area contributed by atoms with Crippen molar-refractivity contribution in [3.63, 3.8) is 0 Å². The van der Waals surface area contributed by atoms with Gasteiger partial charge in [0.1, 0.15) is 22.2 Å². The van der Waals surface area contributed by atoms with Crippen molar-refractivity contribution in [1.29, 1.82) is 5.26 Å². The van der Waals surface area contributed by atoms with Gasteiger partial charge < -0.3 is 14.5 Å². The second kappa shape index (κ2) is 9.86. The third-order valence-corrected chi connectivity index (χ3v) is 6.43. The van der Waals surface area contributed by atoms with E-state index in [0.717, 1.165) is 16.2 Å². The summed E-state index contributed by atoms with van der Waals surface area (Å²) in [7, 11) is 0. The number of hydrogen-bond acceptors (Lipinski definition) is 8. The molecule has 0 aliphatic carbocycles. The third-order valence-electron chi connectivity index (χ3n) is 5.55. The number of nitriles is 1. The fourth-order valence-corrected chi connectivity index (χ4v) is 4.57. The smallest absolute Gasteiger partial charge is 0.345 e. The lowest BCUT2D eigenvalue weighted by atomic mass is 10.0. The molecular weight excluding hydrogens is 474 g/mol. The summed E-state index contributed by atoms with van der Waals surface area (Å²) in [5.41, 5.74) is 2.23. The zero-order valence-corrected chi connectivity index (χ0v) is 20.0. The van der Waals surface area contributed by atoms with Crippen molar-refractivity contribution < 1.29 is 13.9 Å². The minimum Gasteiger partial charge on any atom is -0.462 e. The molecule has 0 spiro atoms. The van der Waals surface area contributed by atoms with E-state index in [0.29, 0.717) is 45.3 Å². The van der Waals surface area contributed by atoms with Gasteiger partial charge in [-0.2, -0.15) is 5.26 Å². The Hall–Kier alpha value is -4.74. The van der Waals surface area contributed by atoms with Crippen LogP contribution in [0.15, 0.2) is 87.5 Å². The van der Waals surface area contributed by atoms with Crippen LogP contribution in [-0.2, 0) is 4.74 Å². The first kappa shape index (κ1) is 23.0. The first-order valence-corrected chi connectivity index (χ1v) is 12.0. The van der Waals surface area contributed by atoms with Gasteiger partial charge in [-0.25, -0.2) is 14.6 Å². The molecule has 5 aromatic rings. The van der Waals surface area contributed by atoms with Crippen LogP contribution in [0.1, 0.15) is 22.3 Å². The molecule has 0 aliphatic heterocycles. The summed E-state index contributed by atoms with van der Waals surface area (Å²) in [6.45, 7) is 2.06. The number of allylic oxidation sites excluding steroid dienone is 1. The maximum atomic E-state index is 12.7. The van der Waals surface area contributed by atoms with Gasteiger partial charge in [-0.3, -0.25) is 0 Å². The van der Waals surface area contributed by atoms with Crippen LogP contribution < -0.4 is 10.9 Å². The molecule has 0 unspecified atom stereocenters. The molecule has 0 saturated carbocycles. The minimum atomic E-state index is -0.489. The van der Waals surface area contributed by atoms with E-state index < -0.39 is 11.6 Å². The zero-order valence-electron chi connectivity index (χ0n) is 19.1.